The first-order valence-corrected chi connectivity index (χ1v) is 5.96. The number of halogens is 3. The number of nitrogens with two attached hydrogens (primary N) is 1. The molecule has 0 bridgehead atoms. The van der Waals surface area contributed by atoms with Crippen LogP contribution in [-0.2, 0) is 0 Å². The maximum Gasteiger partial charge on any atom is 0.201 e. The third kappa shape index (κ3) is 2.46. The largest absolute Gasteiger partial charge is 0.453 e. The number of ether oxygens (including phenoxy) is 1. The van der Waals surface area contributed by atoms with Gasteiger partial charge in [0, 0.05) is 5.69 Å². The summed E-state index contributed by atoms with van der Waals surface area (Å²) in [6, 6.07) is 7.08. The zero-order valence-electron chi connectivity index (χ0n) is 9.51. The first kappa shape index (κ1) is 12.8. The van der Waals surface area contributed by atoms with Crippen LogP contribution < -0.4 is 10.5 Å². The molecule has 0 spiro atoms. The zero-order chi connectivity index (χ0) is 13.3. The number of hydrogen-bond acceptors (Lipinski definition) is 2. The molecular weight excluding hydrogens is 304 g/mol. The van der Waals surface area contributed by atoms with Gasteiger partial charge in [-0.25, -0.2) is 4.39 Å². The van der Waals surface area contributed by atoms with E-state index in [0.29, 0.717) is 15.9 Å². The van der Waals surface area contributed by atoms with Crippen molar-refractivity contribution in [2.45, 2.75) is 6.92 Å². The summed E-state index contributed by atoms with van der Waals surface area (Å²) in [6.07, 6.45) is 0. The lowest BCUT2D eigenvalue weighted by molar-refractivity contribution is 0.414. The molecule has 2 aromatic carbocycles. The molecule has 0 saturated carbocycles. The van der Waals surface area contributed by atoms with Gasteiger partial charge >= 0.3 is 0 Å². The molecule has 18 heavy (non-hydrogen) atoms. The van der Waals surface area contributed by atoms with E-state index in [9.17, 15) is 8.78 Å². The van der Waals surface area contributed by atoms with Crippen molar-refractivity contribution in [3.8, 4) is 11.5 Å². The highest BCUT2D eigenvalue weighted by Crippen LogP contribution is 2.34. The topological polar surface area (TPSA) is 35.2 Å². The van der Waals surface area contributed by atoms with Gasteiger partial charge in [0.05, 0.1) is 4.47 Å². The number of hydrogen-bond donors (Lipinski definition) is 1. The number of nitrogen functional groups attached to an aromatic ring is 1. The molecule has 2 N–H and O–H groups in total. The third-order valence-corrected chi connectivity index (χ3v) is 3.08. The van der Waals surface area contributed by atoms with Crippen molar-refractivity contribution in [1.29, 1.82) is 0 Å². The van der Waals surface area contributed by atoms with E-state index in [-0.39, 0.29) is 5.75 Å². The molecule has 0 heterocycles. The van der Waals surface area contributed by atoms with Gasteiger partial charge in [0.25, 0.3) is 0 Å². The lowest BCUT2D eigenvalue weighted by Gasteiger charge is -2.11. The summed E-state index contributed by atoms with van der Waals surface area (Å²) in [5.74, 6) is -1.75. The van der Waals surface area contributed by atoms with Crippen LogP contribution >= 0.6 is 15.9 Å². The molecule has 0 aliphatic carbocycles. The van der Waals surface area contributed by atoms with Gasteiger partial charge in [-0.1, -0.05) is 6.07 Å². The lowest BCUT2D eigenvalue weighted by atomic mass is 10.2. The fourth-order valence-corrected chi connectivity index (χ4v) is 1.87. The highest BCUT2D eigenvalue weighted by atomic mass is 79.9. The van der Waals surface area contributed by atoms with Crippen LogP contribution in [0.3, 0.4) is 0 Å². The van der Waals surface area contributed by atoms with E-state index in [0.717, 1.165) is 11.6 Å². The summed E-state index contributed by atoms with van der Waals surface area (Å²) < 4.78 is 32.4. The van der Waals surface area contributed by atoms with E-state index < -0.39 is 11.6 Å². The second kappa shape index (κ2) is 4.94. The first-order valence-electron chi connectivity index (χ1n) is 5.16. The Labute approximate surface area is 112 Å². The summed E-state index contributed by atoms with van der Waals surface area (Å²) in [4.78, 5) is 0. The SMILES string of the molecule is Cc1cc(Oc2cccc(F)c2F)c(Br)cc1N. The van der Waals surface area contributed by atoms with Gasteiger partial charge in [0.15, 0.2) is 11.6 Å². The van der Waals surface area contributed by atoms with Crippen molar-refractivity contribution in [1.82, 2.24) is 0 Å². The van der Waals surface area contributed by atoms with E-state index >= 15 is 0 Å². The van der Waals surface area contributed by atoms with Gasteiger partial charge in [-0.2, -0.15) is 4.39 Å². The van der Waals surface area contributed by atoms with Gasteiger partial charge in [-0.05, 0) is 52.7 Å². The average Bonchev–Trinajstić information content (AvgIpc) is 2.32. The molecular formula is C13H10BrF2NO. The van der Waals surface area contributed by atoms with E-state index in [2.05, 4.69) is 15.9 Å². The number of benzene rings is 2. The highest BCUT2D eigenvalue weighted by Gasteiger charge is 2.12. The van der Waals surface area contributed by atoms with Crippen LogP contribution in [-0.4, -0.2) is 0 Å². The number of rotatable bonds is 2. The molecule has 94 valence electrons. The van der Waals surface area contributed by atoms with E-state index in [1.165, 1.54) is 12.1 Å². The zero-order valence-corrected chi connectivity index (χ0v) is 11.1. The minimum absolute atomic E-state index is 0.167. The van der Waals surface area contributed by atoms with Crippen LogP contribution in [0.25, 0.3) is 0 Å². The van der Waals surface area contributed by atoms with Gasteiger partial charge in [-0.3, -0.25) is 0 Å². The summed E-state index contributed by atoms with van der Waals surface area (Å²) in [5, 5.41) is 0. The number of aryl methyl sites for hydroxylation is 1. The van der Waals surface area contributed by atoms with Crippen molar-refractivity contribution < 1.29 is 13.5 Å². The minimum atomic E-state index is -1.01. The second-order valence-electron chi connectivity index (χ2n) is 3.79. The summed E-state index contributed by atoms with van der Waals surface area (Å²) >= 11 is 3.26. The Balaban J connectivity index is 2.40. The molecule has 2 rings (SSSR count). The fourth-order valence-electron chi connectivity index (χ4n) is 1.43. The Hall–Kier alpha value is -1.62. The Morgan fingerprint density at radius 1 is 1.17 bits per heavy atom. The highest BCUT2D eigenvalue weighted by molar-refractivity contribution is 9.10. The van der Waals surface area contributed by atoms with Crippen molar-refractivity contribution in [2.24, 2.45) is 0 Å². The predicted molar refractivity (Wildman–Crippen MR) is 69.7 cm³/mol. The lowest BCUT2D eigenvalue weighted by Crippen LogP contribution is -1.95. The maximum atomic E-state index is 13.5. The van der Waals surface area contributed by atoms with Crippen molar-refractivity contribution in [3.05, 3.63) is 52.0 Å². The monoisotopic (exact) mass is 313 g/mol. The molecule has 2 nitrogen and oxygen atoms in total. The van der Waals surface area contributed by atoms with Crippen molar-refractivity contribution in [2.75, 3.05) is 5.73 Å². The molecule has 0 amide bonds. The van der Waals surface area contributed by atoms with Crippen LogP contribution in [0.4, 0.5) is 14.5 Å². The van der Waals surface area contributed by atoms with Gasteiger partial charge < -0.3 is 10.5 Å². The molecule has 0 atom stereocenters. The smallest absolute Gasteiger partial charge is 0.201 e. The molecule has 0 aliphatic rings. The molecule has 2 aromatic rings. The Morgan fingerprint density at radius 2 is 1.89 bits per heavy atom. The van der Waals surface area contributed by atoms with Crippen LogP contribution in [0.5, 0.6) is 11.5 Å². The van der Waals surface area contributed by atoms with Gasteiger partial charge in [0.1, 0.15) is 5.75 Å². The second-order valence-corrected chi connectivity index (χ2v) is 4.65. The quantitative estimate of drug-likeness (QED) is 0.833. The average molecular weight is 314 g/mol. The minimum Gasteiger partial charge on any atom is -0.453 e. The molecule has 0 aromatic heterocycles. The predicted octanol–water partition coefficient (Wildman–Crippen LogP) is 4.41. The molecule has 0 unspecified atom stereocenters. The van der Waals surface area contributed by atoms with Gasteiger partial charge in [0.2, 0.25) is 5.82 Å². The summed E-state index contributed by atoms with van der Waals surface area (Å²) in [5.41, 5.74) is 7.11. The molecule has 0 aliphatic heterocycles. The van der Waals surface area contributed by atoms with Crippen LogP contribution in [0.15, 0.2) is 34.8 Å². The molecule has 0 fully saturated rings. The van der Waals surface area contributed by atoms with Crippen molar-refractivity contribution >= 4 is 21.6 Å². The molecule has 5 heteroatoms. The number of anilines is 1. The van der Waals surface area contributed by atoms with Crippen molar-refractivity contribution in [3.63, 3.8) is 0 Å². The van der Waals surface area contributed by atoms with E-state index in [1.807, 2.05) is 0 Å². The maximum absolute atomic E-state index is 13.5. The van der Waals surface area contributed by atoms with Crippen LogP contribution in [0.1, 0.15) is 5.56 Å². The molecule has 0 radical (unpaired) electrons. The Kier molecular flexibility index (Phi) is 3.52. The van der Waals surface area contributed by atoms with Crippen LogP contribution in [0, 0.1) is 18.6 Å². The standard InChI is InChI=1S/C13H10BrF2NO/c1-7-5-12(8(14)6-10(7)17)18-11-4-2-3-9(15)13(11)16/h2-6H,17H2,1H3. The summed E-state index contributed by atoms with van der Waals surface area (Å²) in [7, 11) is 0. The molecule has 0 saturated heterocycles. The first-order chi connectivity index (χ1) is 8.49. The normalized spacial score (nSPS) is 10.4. The fraction of sp³-hybridized carbons (Fsp3) is 0.0769. The third-order valence-electron chi connectivity index (χ3n) is 2.46. The van der Waals surface area contributed by atoms with E-state index in [1.54, 1.807) is 19.1 Å². The Morgan fingerprint density at radius 3 is 2.61 bits per heavy atom. The Bertz CT molecular complexity index is 602. The van der Waals surface area contributed by atoms with Crippen LogP contribution in [0.2, 0.25) is 0 Å². The summed E-state index contributed by atoms with van der Waals surface area (Å²) in [6.45, 7) is 1.80. The van der Waals surface area contributed by atoms with E-state index in [4.69, 9.17) is 10.5 Å². The van der Waals surface area contributed by atoms with Gasteiger partial charge in [-0.15, -0.1) is 0 Å².